The quantitative estimate of drug-likeness (QED) is 0.580. The zero-order valence-corrected chi connectivity index (χ0v) is 18.5. The molecule has 0 unspecified atom stereocenters. The molecule has 1 aromatic heterocycles. The second-order valence-corrected chi connectivity index (χ2v) is 9.43. The van der Waals surface area contributed by atoms with Gasteiger partial charge in [-0.15, -0.1) is 10.2 Å². The predicted octanol–water partition coefficient (Wildman–Crippen LogP) is 5.25. The van der Waals surface area contributed by atoms with Crippen molar-refractivity contribution in [3.8, 4) is 0 Å². The number of rotatable bonds is 6. The Morgan fingerprint density at radius 2 is 1.94 bits per heavy atom. The van der Waals surface area contributed by atoms with Gasteiger partial charge in [0, 0.05) is 19.1 Å². The Morgan fingerprint density at radius 1 is 1.23 bits per heavy atom. The summed E-state index contributed by atoms with van der Waals surface area (Å²) in [6.07, 6.45) is -0.188. The van der Waals surface area contributed by atoms with E-state index in [2.05, 4.69) is 31.9 Å². The topological polar surface area (TPSA) is 63.1 Å². The minimum absolute atomic E-state index is 0.00549. The van der Waals surface area contributed by atoms with Gasteiger partial charge in [-0.25, -0.2) is 0 Å². The lowest BCUT2D eigenvalue weighted by molar-refractivity contribution is -0.137. The summed E-state index contributed by atoms with van der Waals surface area (Å²) in [6.45, 7) is 4.12. The molecule has 31 heavy (non-hydrogen) atoms. The lowest BCUT2D eigenvalue weighted by Gasteiger charge is -2.31. The van der Waals surface area contributed by atoms with Gasteiger partial charge in [0.2, 0.25) is 11.9 Å². The van der Waals surface area contributed by atoms with Gasteiger partial charge in [0.25, 0.3) is 0 Å². The van der Waals surface area contributed by atoms with E-state index in [4.69, 9.17) is 11.6 Å². The van der Waals surface area contributed by atoms with Gasteiger partial charge in [-0.3, -0.25) is 9.36 Å². The number of aromatic nitrogens is 3. The van der Waals surface area contributed by atoms with Crippen LogP contribution < -0.4 is 10.2 Å². The molecule has 0 atom stereocenters. The number of halogens is 4. The van der Waals surface area contributed by atoms with Crippen molar-refractivity contribution >= 4 is 40.9 Å². The Labute approximate surface area is 187 Å². The number of benzene rings is 1. The molecular weight excluding hydrogens is 451 g/mol. The molecule has 1 amide bonds. The van der Waals surface area contributed by atoms with Crippen molar-refractivity contribution in [3.63, 3.8) is 0 Å². The normalized spacial score (nSPS) is 17.8. The Bertz CT molecular complexity index is 955. The van der Waals surface area contributed by atoms with Crippen LogP contribution in [0.2, 0.25) is 5.02 Å². The molecule has 2 fully saturated rings. The van der Waals surface area contributed by atoms with Gasteiger partial charge in [-0.2, -0.15) is 13.2 Å². The van der Waals surface area contributed by atoms with Gasteiger partial charge >= 0.3 is 6.18 Å². The molecule has 6 nitrogen and oxygen atoms in total. The first-order valence-corrected chi connectivity index (χ1v) is 11.6. The van der Waals surface area contributed by atoms with Crippen molar-refractivity contribution in [2.45, 2.75) is 50.0 Å². The first-order valence-electron chi connectivity index (χ1n) is 10.2. The summed E-state index contributed by atoms with van der Waals surface area (Å²) in [5.41, 5.74) is -0.928. The fourth-order valence-electron chi connectivity index (χ4n) is 3.56. The molecule has 1 saturated carbocycles. The molecule has 168 valence electrons. The van der Waals surface area contributed by atoms with Crippen LogP contribution in [0.1, 0.15) is 44.2 Å². The summed E-state index contributed by atoms with van der Waals surface area (Å²) in [5, 5.41) is 11.9. The van der Waals surface area contributed by atoms with E-state index in [0.29, 0.717) is 17.1 Å². The lowest BCUT2D eigenvalue weighted by Crippen LogP contribution is -2.34. The summed E-state index contributed by atoms with van der Waals surface area (Å²) in [4.78, 5) is 14.6. The number of hydrogen-bond donors (Lipinski definition) is 1. The molecule has 1 saturated heterocycles. The van der Waals surface area contributed by atoms with Crippen molar-refractivity contribution < 1.29 is 18.0 Å². The van der Waals surface area contributed by atoms with E-state index in [1.807, 2.05) is 0 Å². The predicted molar refractivity (Wildman–Crippen MR) is 115 cm³/mol. The van der Waals surface area contributed by atoms with Crippen LogP contribution in [0.4, 0.5) is 24.8 Å². The second-order valence-electron chi connectivity index (χ2n) is 8.08. The number of nitrogens with one attached hydrogen (secondary N) is 1. The third kappa shape index (κ3) is 5.28. The maximum Gasteiger partial charge on any atom is 0.416 e. The van der Waals surface area contributed by atoms with Crippen LogP contribution in [-0.2, 0) is 11.0 Å². The van der Waals surface area contributed by atoms with Crippen LogP contribution in [0.3, 0.4) is 0 Å². The summed E-state index contributed by atoms with van der Waals surface area (Å²) >= 11 is 7.19. The van der Waals surface area contributed by atoms with E-state index in [1.165, 1.54) is 11.8 Å². The standard InChI is InChI=1S/C20H23ClF3N5OS/c1-12-6-8-28(9-7-12)18-26-27-19(29(18)14-3-4-14)31-11-17(30)25-16-10-13(20(22,23)24)2-5-15(16)21/h2,5,10,12,14H,3-4,6-9,11H2,1H3,(H,25,30). The molecular formula is C20H23ClF3N5OS. The van der Waals surface area contributed by atoms with E-state index >= 15 is 0 Å². The van der Waals surface area contributed by atoms with Crippen LogP contribution in [-0.4, -0.2) is 39.5 Å². The highest BCUT2D eigenvalue weighted by Crippen LogP contribution is 2.41. The van der Waals surface area contributed by atoms with Crippen molar-refractivity contribution in [2.75, 3.05) is 29.1 Å². The number of nitrogens with zero attached hydrogens (tertiary/aromatic N) is 4. The molecule has 1 aliphatic carbocycles. The first kappa shape index (κ1) is 22.3. The van der Waals surface area contributed by atoms with E-state index < -0.39 is 17.6 Å². The number of carbonyl (C=O) groups is 1. The molecule has 1 N–H and O–H groups in total. The van der Waals surface area contributed by atoms with Gasteiger partial charge in [0.05, 0.1) is 22.0 Å². The molecule has 1 aliphatic heterocycles. The van der Waals surface area contributed by atoms with Crippen LogP contribution in [0.25, 0.3) is 0 Å². The molecule has 0 bridgehead atoms. The van der Waals surface area contributed by atoms with Crippen LogP contribution in [0.15, 0.2) is 23.4 Å². The number of thioether (sulfide) groups is 1. The third-order valence-electron chi connectivity index (χ3n) is 5.53. The summed E-state index contributed by atoms with van der Waals surface area (Å²) in [7, 11) is 0. The number of alkyl halides is 3. The maximum atomic E-state index is 12.9. The summed E-state index contributed by atoms with van der Waals surface area (Å²) in [5.74, 6) is 1.09. The number of anilines is 2. The van der Waals surface area contributed by atoms with E-state index in [-0.39, 0.29) is 16.5 Å². The van der Waals surface area contributed by atoms with Crippen LogP contribution in [0, 0.1) is 5.92 Å². The van der Waals surface area contributed by atoms with E-state index in [0.717, 1.165) is 62.9 Å². The monoisotopic (exact) mass is 473 g/mol. The number of piperidine rings is 1. The minimum Gasteiger partial charge on any atom is -0.341 e. The first-order chi connectivity index (χ1) is 14.7. The Kier molecular flexibility index (Phi) is 6.39. The highest BCUT2D eigenvalue weighted by molar-refractivity contribution is 7.99. The van der Waals surface area contributed by atoms with E-state index in [1.54, 1.807) is 0 Å². The van der Waals surface area contributed by atoms with Crippen LogP contribution in [0.5, 0.6) is 0 Å². The van der Waals surface area contributed by atoms with Crippen molar-refractivity contribution in [1.82, 2.24) is 14.8 Å². The Balaban J connectivity index is 1.42. The zero-order chi connectivity index (χ0) is 22.2. The molecule has 2 aliphatic rings. The fourth-order valence-corrected chi connectivity index (χ4v) is 4.52. The number of carbonyl (C=O) groups excluding carboxylic acids is 1. The molecule has 0 spiro atoms. The van der Waals surface area contributed by atoms with Gasteiger partial charge in [0.1, 0.15) is 0 Å². The Morgan fingerprint density at radius 3 is 2.58 bits per heavy atom. The molecule has 2 aromatic rings. The molecule has 4 rings (SSSR count). The third-order valence-corrected chi connectivity index (χ3v) is 6.80. The smallest absolute Gasteiger partial charge is 0.341 e. The minimum atomic E-state index is -4.51. The van der Waals surface area contributed by atoms with Crippen molar-refractivity contribution in [1.29, 1.82) is 0 Å². The van der Waals surface area contributed by atoms with Crippen molar-refractivity contribution in [2.24, 2.45) is 5.92 Å². The largest absolute Gasteiger partial charge is 0.416 e. The SMILES string of the molecule is CC1CCN(c2nnc(SCC(=O)Nc3cc(C(F)(F)F)ccc3Cl)n2C2CC2)CC1. The molecule has 2 heterocycles. The fraction of sp³-hybridized carbons (Fsp3) is 0.550. The van der Waals surface area contributed by atoms with E-state index in [9.17, 15) is 18.0 Å². The molecule has 11 heteroatoms. The summed E-state index contributed by atoms with van der Waals surface area (Å²) < 4.78 is 40.9. The van der Waals surface area contributed by atoms with Gasteiger partial charge in [-0.05, 0) is 49.8 Å². The average molecular weight is 474 g/mol. The lowest BCUT2D eigenvalue weighted by atomic mass is 10.00. The number of hydrogen-bond acceptors (Lipinski definition) is 5. The van der Waals surface area contributed by atoms with Gasteiger partial charge in [-0.1, -0.05) is 30.3 Å². The van der Waals surface area contributed by atoms with Gasteiger partial charge in [0.15, 0.2) is 5.16 Å². The zero-order valence-electron chi connectivity index (χ0n) is 17.0. The number of amides is 1. The maximum absolute atomic E-state index is 12.9. The summed E-state index contributed by atoms with van der Waals surface area (Å²) in [6, 6.07) is 3.19. The van der Waals surface area contributed by atoms with Gasteiger partial charge < -0.3 is 10.2 Å². The van der Waals surface area contributed by atoms with Crippen LogP contribution >= 0.6 is 23.4 Å². The average Bonchev–Trinajstić information content (AvgIpc) is 3.47. The second kappa shape index (κ2) is 8.90. The highest BCUT2D eigenvalue weighted by Gasteiger charge is 2.33. The Hall–Kier alpha value is -1.94. The van der Waals surface area contributed by atoms with Crippen molar-refractivity contribution in [3.05, 3.63) is 28.8 Å². The highest BCUT2D eigenvalue weighted by atomic mass is 35.5. The molecule has 0 radical (unpaired) electrons. The molecule has 1 aromatic carbocycles.